The maximum atomic E-state index is 5.89. The van der Waals surface area contributed by atoms with Crippen molar-refractivity contribution in [2.45, 2.75) is 38.3 Å². The van der Waals surface area contributed by atoms with Crippen LogP contribution in [0, 0.1) is 0 Å². The monoisotopic (exact) mass is 259 g/mol. The lowest BCUT2D eigenvalue weighted by atomic mass is 10.1. The molecule has 4 heteroatoms. The van der Waals surface area contributed by atoms with E-state index in [0.717, 1.165) is 24.7 Å². The molecule has 1 aliphatic heterocycles. The molecule has 1 aromatic rings. The average Bonchev–Trinajstić information content (AvgIpc) is 3.13. The Morgan fingerprint density at radius 1 is 1.37 bits per heavy atom. The van der Waals surface area contributed by atoms with Crippen LogP contribution in [-0.4, -0.2) is 31.2 Å². The highest BCUT2D eigenvalue weighted by Crippen LogP contribution is 2.28. The predicted octanol–water partition coefficient (Wildman–Crippen LogP) is 1.71. The number of hydrogen-bond donors (Lipinski definition) is 2. The first-order valence-electron chi connectivity index (χ1n) is 7.14. The van der Waals surface area contributed by atoms with Gasteiger partial charge in [-0.1, -0.05) is 18.2 Å². The van der Waals surface area contributed by atoms with Gasteiger partial charge in [0.05, 0.1) is 6.54 Å². The Kier molecular flexibility index (Phi) is 3.58. The predicted molar refractivity (Wildman–Crippen MR) is 76.7 cm³/mol. The molecule has 2 N–H and O–H groups in total. The van der Waals surface area contributed by atoms with Crippen LogP contribution in [0.1, 0.15) is 25.3 Å². The molecule has 1 fully saturated rings. The van der Waals surface area contributed by atoms with E-state index in [9.17, 15) is 0 Å². The van der Waals surface area contributed by atoms with Gasteiger partial charge in [-0.2, -0.15) is 0 Å². The number of guanidine groups is 1. The first-order chi connectivity index (χ1) is 9.35. The number of hydrogen-bond acceptors (Lipinski definition) is 2. The zero-order valence-electron chi connectivity index (χ0n) is 11.4. The van der Waals surface area contributed by atoms with Gasteiger partial charge in [-0.15, -0.1) is 0 Å². The van der Waals surface area contributed by atoms with E-state index in [4.69, 9.17) is 4.74 Å². The highest BCUT2D eigenvalue weighted by molar-refractivity contribution is 5.80. The summed E-state index contributed by atoms with van der Waals surface area (Å²) in [6.07, 6.45) is 3.65. The highest BCUT2D eigenvalue weighted by Gasteiger charge is 2.24. The summed E-state index contributed by atoms with van der Waals surface area (Å²) >= 11 is 0. The van der Waals surface area contributed by atoms with Crippen LogP contribution in [-0.2, 0) is 6.42 Å². The minimum atomic E-state index is 0.173. The summed E-state index contributed by atoms with van der Waals surface area (Å²) in [5.41, 5.74) is 1.29. The van der Waals surface area contributed by atoms with Gasteiger partial charge in [0.2, 0.25) is 0 Å². The largest absolute Gasteiger partial charge is 0.488 e. The molecule has 0 saturated heterocycles. The van der Waals surface area contributed by atoms with Gasteiger partial charge in [-0.05, 0) is 31.4 Å². The van der Waals surface area contributed by atoms with Crippen LogP contribution in [0.15, 0.2) is 29.3 Å². The molecule has 0 spiro atoms. The minimum absolute atomic E-state index is 0.173. The first kappa shape index (κ1) is 12.3. The molecule has 1 aliphatic carbocycles. The molecule has 1 atom stereocenters. The Bertz CT molecular complexity index is 443. The van der Waals surface area contributed by atoms with E-state index in [1.165, 1.54) is 18.4 Å². The van der Waals surface area contributed by atoms with Gasteiger partial charge in [-0.3, -0.25) is 0 Å². The van der Waals surface area contributed by atoms with Crippen LogP contribution in [0.5, 0.6) is 5.75 Å². The van der Waals surface area contributed by atoms with Crippen molar-refractivity contribution in [1.29, 1.82) is 0 Å². The Balaban J connectivity index is 1.56. The van der Waals surface area contributed by atoms with E-state index >= 15 is 0 Å². The molecule has 1 saturated carbocycles. The molecule has 4 nitrogen and oxygen atoms in total. The maximum Gasteiger partial charge on any atom is 0.191 e. The Morgan fingerprint density at radius 2 is 2.21 bits per heavy atom. The number of rotatable bonds is 4. The molecule has 0 radical (unpaired) electrons. The smallest absolute Gasteiger partial charge is 0.191 e. The van der Waals surface area contributed by atoms with Crippen LogP contribution in [0.3, 0.4) is 0 Å². The number of nitrogens with zero attached hydrogens (tertiary/aromatic N) is 1. The molecule has 1 unspecified atom stereocenters. The standard InChI is InChI=1S/C15H21N3O/c1-2-16-15(18-12-7-8-12)17-10-13-9-11-5-3-4-6-14(11)19-13/h3-6,12-13H,2,7-10H2,1H3,(H2,16,17,18). The summed E-state index contributed by atoms with van der Waals surface area (Å²) in [7, 11) is 0. The maximum absolute atomic E-state index is 5.89. The summed E-state index contributed by atoms with van der Waals surface area (Å²) in [5, 5.41) is 6.70. The quantitative estimate of drug-likeness (QED) is 0.639. The number of para-hydroxylation sites is 1. The average molecular weight is 259 g/mol. The normalized spacial score (nSPS) is 21.7. The van der Waals surface area contributed by atoms with Gasteiger partial charge in [-0.25, -0.2) is 4.99 Å². The number of fused-ring (bicyclic) bond motifs is 1. The fourth-order valence-electron chi connectivity index (χ4n) is 2.29. The molecule has 1 aromatic carbocycles. The second kappa shape index (κ2) is 5.51. The molecule has 1 heterocycles. The van der Waals surface area contributed by atoms with Crippen molar-refractivity contribution < 1.29 is 4.74 Å². The topological polar surface area (TPSA) is 45.7 Å². The van der Waals surface area contributed by atoms with Gasteiger partial charge in [0, 0.05) is 19.0 Å². The molecular weight excluding hydrogens is 238 g/mol. The molecule has 2 aliphatic rings. The fraction of sp³-hybridized carbons (Fsp3) is 0.533. The Labute approximate surface area is 114 Å². The van der Waals surface area contributed by atoms with Crippen LogP contribution in [0.2, 0.25) is 0 Å². The van der Waals surface area contributed by atoms with Crippen LogP contribution < -0.4 is 15.4 Å². The second-order valence-corrected chi connectivity index (χ2v) is 5.19. The van der Waals surface area contributed by atoms with Crippen LogP contribution >= 0.6 is 0 Å². The van der Waals surface area contributed by atoms with E-state index in [1.807, 2.05) is 12.1 Å². The lowest BCUT2D eigenvalue weighted by molar-refractivity contribution is 0.241. The Morgan fingerprint density at radius 3 is 2.95 bits per heavy atom. The molecule has 102 valence electrons. The third-order valence-corrected chi connectivity index (χ3v) is 3.43. The third-order valence-electron chi connectivity index (χ3n) is 3.43. The summed E-state index contributed by atoms with van der Waals surface area (Å²) in [5.74, 6) is 1.94. The van der Waals surface area contributed by atoms with Crippen molar-refractivity contribution in [2.24, 2.45) is 4.99 Å². The number of ether oxygens (including phenoxy) is 1. The highest BCUT2D eigenvalue weighted by atomic mass is 16.5. The molecule has 0 amide bonds. The van der Waals surface area contributed by atoms with Crippen LogP contribution in [0.4, 0.5) is 0 Å². The van der Waals surface area contributed by atoms with Crippen molar-refractivity contribution in [3.05, 3.63) is 29.8 Å². The number of nitrogens with one attached hydrogen (secondary N) is 2. The lowest BCUT2D eigenvalue weighted by Crippen LogP contribution is -2.39. The van der Waals surface area contributed by atoms with Gasteiger partial charge in [0.25, 0.3) is 0 Å². The van der Waals surface area contributed by atoms with Crippen LogP contribution in [0.25, 0.3) is 0 Å². The van der Waals surface area contributed by atoms with E-state index < -0.39 is 0 Å². The van der Waals surface area contributed by atoms with Gasteiger partial charge in [0.1, 0.15) is 11.9 Å². The third kappa shape index (κ3) is 3.19. The molecule has 0 bridgehead atoms. The van der Waals surface area contributed by atoms with Crippen molar-refractivity contribution in [1.82, 2.24) is 10.6 Å². The zero-order valence-corrected chi connectivity index (χ0v) is 11.4. The summed E-state index contributed by atoms with van der Waals surface area (Å²) in [6, 6.07) is 8.87. The summed E-state index contributed by atoms with van der Waals surface area (Å²) < 4.78 is 5.89. The SMILES string of the molecule is CCNC(=NCC1Cc2ccccc2O1)NC1CC1. The van der Waals surface area contributed by atoms with Crippen molar-refractivity contribution in [2.75, 3.05) is 13.1 Å². The van der Waals surface area contributed by atoms with Crippen molar-refractivity contribution in [3.8, 4) is 5.75 Å². The van der Waals surface area contributed by atoms with Gasteiger partial charge in [0.15, 0.2) is 5.96 Å². The number of aliphatic imine (C=N–C) groups is 1. The van der Waals surface area contributed by atoms with Crippen molar-refractivity contribution >= 4 is 5.96 Å². The molecule has 19 heavy (non-hydrogen) atoms. The minimum Gasteiger partial charge on any atom is -0.488 e. The molecule has 0 aromatic heterocycles. The van der Waals surface area contributed by atoms with Gasteiger partial charge < -0.3 is 15.4 Å². The number of benzene rings is 1. The molecular formula is C15H21N3O. The first-order valence-corrected chi connectivity index (χ1v) is 7.14. The van der Waals surface area contributed by atoms with E-state index in [0.29, 0.717) is 12.6 Å². The fourth-order valence-corrected chi connectivity index (χ4v) is 2.29. The van der Waals surface area contributed by atoms with Crippen molar-refractivity contribution in [3.63, 3.8) is 0 Å². The zero-order chi connectivity index (χ0) is 13.1. The Hall–Kier alpha value is -1.71. The van der Waals surface area contributed by atoms with E-state index in [2.05, 4.69) is 34.7 Å². The summed E-state index contributed by atoms with van der Waals surface area (Å²) in [4.78, 5) is 4.63. The molecule has 3 rings (SSSR count). The lowest BCUT2D eigenvalue weighted by Gasteiger charge is -2.12. The van der Waals surface area contributed by atoms with E-state index in [1.54, 1.807) is 0 Å². The summed E-state index contributed by atoms with van der Waals surface area (Å²) in [6.45, 7) is 3.69. The van der Waals surface area contributed by atoms with Gasteiger partial charge >= 0.3 is 0 Å². The second-order valence-electron chi connectivity index (χ2n) is 5.19. The van der Waals surface area contributed by atoms with E-state index in [-0.39, 0.29) is 6.10 Å².